The number of hydrogen-bond donors (Lipinski definition) is 2. The zero-order valence-corrected chi connectivity index (χ0v) is 16.1. The van der Waals surface area contributed by atoms with Gasteiger partial charge in [0.2, 0.25) is 5.91 Å². The Balaban J connectivity index is 1.57. The fourth-order valence-corrected chi connectivity index (χ4v) is 5.38. The van der Waals surface area contributed by atoms with Crippen molar-refractivity contribution in [3.05, 3.63) is 66.0 Å². The number of benzene rings is 2. The molecular weight excluding hydrogens is 361 g/mol. The number of halogens is 1. The van der Waals surface area contributed by atoms with Crippen LogP contribution in [0.15, 0.2) is 54.6 Å². The highest BCUT2D eigenvalue weighted by molar-refractivity contribution is 7.99. The van der Waals surface area contributed by atoms with Gasteiger partial charge in [0.05, 0.1) is 11.6 Å². The van der Waals surface area contributed by atoms with E-state index in [1.165, 1.54) is 12.1 Å². The highest BCUT2D eigenvalue weighted by Gasteiger charge is 2.46. The molecule has 2 aliphatic heterocycles. The summed E-state index contributed by atoms with van der Waals surface area (Å²) in [5.74, 6) is 1.96. The minimum absolute atomic E-state index is 0.0418. The number of hydrazine groups is 1. The van der Waals surface area contributed by atoms with Crippen molar-refractivity contribution in [2.24, 2.45) is 5.92 Å². The van der Waals surface area contributed by atoms with Crippen LogP contribution in [-0.4, -0.2) is 29.6 Å². The van der Waals surface area contributed by atoms with Gasteiger partial charge < -0.3 is 5.32 Å². The molecule has 6 heteroatoms. The monoisotopic (exact) mass is 385 g/mol. The van der Waals surface area contributed by atoms with E-state index in [1.807, 2.05) is 54.0 Å². The summed E-state index contributed by atoms with van der Waals surface area (Å²) in [5, 5.41) is 5.28. The Bertz CT molecular complexity index is 786. The molecule has 0 bridgehead atoms. The SMILES string of the molecule is CCC(C(=O)NC1C2CSCC2NN1c1ccc(F)cc1)c1ccccc1. The summed E-state index contributed by atoms with van der Waals surface area (Å²) in [5.41, 5.74) is 5.42. The summed E-state index contributed by atoms with van der Waals surface area (Å²) in [6.07, 6.45) is 0.607. The predicted molar refractivity (Wildman–Crippen MR) is 108 cm³/mol. The van der Waals surface area contributed by atoms with E-state index in [2.05, 4.69) is 10.7 Å². The van der Waals surface area contributed by atoms with Crippen molar-refractivity contribution in [1.29, 1.82) is 0 Å². The summed E-state index contributed by atoms with van der Waals surface area (Å²) in [6, 6.07) is 16.7. The van der Waals surface area contributed by atoms with Crippen LogP contribution in [0.25, 0.3) is 0 Å². The van der Waals surface area contributed by atoms with Gasteiger partial charge in [-0.25, -0.2) is 9.82 Å². The third-order valence-electron chi connectivity index (χ3n) is 5.43. The van der Waals surface area contributed by atoms with Crippen LogP contribution in [0.5, 0.6) is 0 Å². The van der Waals surface area contributed by atoms with Gasteiger partial charge in [0.15, 0.2) is 0 Å². The molecule has 1 amide bonds. The Morgan fingerprint density at radius 3 is 2.67 bits per heavy atom. The number of nitrogens with zero attached hydrogens (tertiary/aromatic N) is 1. The van der Waals surface area contributed by atoms with Crippen molar-refractivity contribution in [3.63, 3.8) is 0 Å². The van der Waals surface area contributed by atoms with Crippen LogP contribution >= 0.6 is 11.8 Å². The van der Waals surface area contributed by atoms with Gasteiger partial charge >= 0.3 is 0 Å². The number of fused-ring (bicyclic) bond motifs is 1. The highest BCUT2D eigenvalue weighted by Crippen LogP contribution is 2.36. The Labute approximate surface area is 163 Å². The fraction of sp³-hybridized carbons (Fsp3) is 0.381. The largest absolute Gasteiger partial charge is 0.334 e. The summed E-state index contributed by atoms with van der Waals surface area (Å²) in [6.45, 7) is 2.04. The summed E-state index contributed by atoms with van der Waals surface area (Å²) >= 11 is 1.91. The van der Waals surface area contributed by atoms with Gasteiger partial charge in [0.1, 0.15) is 12.0 Å². The van der Waals surface area contributed by atoms with Crippen LogP contribution in [0.2, 0.25) is 0 Å². The second-order valence-corrected chi connectivity index (χ2v) is 8.18. The maximum atomic E-state index is 13.3. The van der Waals surface area contributed by atoms with Crippen molar-refractivity contribution in [2.75, 3.05) is 16.5 Å². The van der Waals surface area contributed by atoms with E-state index >= 15 is 0 Å². The molecule has 2 aromatic carbocycles. The summed E-state index contributed by atoms with van der Waals surface area (Å²) in [7, 11) is 0. The lowest BCUT2D eigenvalue weighted by atomic mass is 9.94. The number of carbonyl (C=O) groups is 1. The van der Waals surface area contributed by atoms with Crippen molar-refractivity contribution in [1.82, 2.24) is 10.7 Å². The molecule has 0 saturated carbocycles. The molecule has 4 unspecified atom stereocenters. The van der Waals surface area contributed by atoms with E-state index in [1.54, 1.807) is 12.1 Å². The van der Waals surface area contributed by atoms with Gasteiger partial charge in [-0.15, -0.1) is 0 Å². The van der Waals surface area contributed by atoms with Gasteiger partial charge in [0.25, 0.3) is 0 Å². The first kappa shape index (κ1) is 18.3. The van der Waals surface area contributed by atoms with Crippen molar-refractivity contribution in [2.45, 2.75) is 31.5 Å². The van der Waals surface area contributed by atoms with Crippen molar-refractivity contribution >= 4 is 23.4 Å². The van der Waals surface area contributed by atoms with Crippen LogP contribution < -0.4 is 15.8 Å². The molecule has 0 radical (unpaired) electrons. The van der Waals surface area contributed by atoms with E-state index in [9.17, 15) is 9.18 Å². The lowest BCUT2D eigenvalue weighted by Crippen LogP contribution is -2.51. The van der Waals surface area contributed by atoms with Gasteiger partial charge in [-0.05, 0) is 36.2 Å². The van der Waals surface area contributed by atoms with Crippen molar-refractivity contribution in [3.8, 4) is 0 Å². The van der Waals surface area contributed by atoms with Crippen LogP contribution in [0.1, 0.15) is 24.8 Å². The van der Waals surface area contributed by atoms with E-state index in [0.717, 1.165) is 29.2 Å². The highest BCUT2D eigenvalue weighted by atomic mass is 32.2. The second kappa shape index (κ2) is 7.90. The molecule has 2 saturated heterocycles. The average molecular weight is 386 g/mol. The molecule has 2 N–H and O–H groups in total. The molecule has 4 atom stereocenters. The molecule has 2 aliphatic rings. The molecule has 2 aromatic rings. The zero-order valence-electron chi connectivity index (χ0n) is 15.3. The van der Waals surface area contributed by atoms with Crippen LogP contribution in [0, 0.1) is 11.7 Å². The van der Waals surface area contributed by atoms with E-state index in [0.29, 0.717) is 12.0 Å². The number of anilines is 1. The minimum Gasteiger partial charge on any atom is -0.334 e. The molecule has 0 spiro atoms. The lowest BCUT2D eigenvalue weighted by molar-refractivity contribution is -0.123. The zero-order chi connectivity index (χ0) is 18.8. The number of carbonyl (C=O) groups excluding carboxylic acids is 1. The fourth-order valence-electron chi connectivity index (χ4n) is 3.98. The standard InChI is InChI=1S/C21H24FN3OS/c1-2-17(14-6-4-3-5-7-14)21(26)23-20-18-12-27-13-19(18)24-25(20)16-10-8-15(22)9-11-16/h3-11,17-20,24H,2,12-13H2,1H3,(H,23,26). The quantitative estimate of drug-likeness (QED) is 0.827. The van der Waals surface area contributed by atoms with Crippen LogP contribution in [0.3, 0.4) is 0 Å². The first-order valence-corrected chi connectivity index (χ1v) is 10.6. The lowest BCUT2D eigenvalue weighted by Gasteiger charge is -2.31. The van der Waals surface area contributed by atoms with Gasteiger partial charge in [-0.1, -0.05) is 37.3 Å². The molecule has 4 nitrogen and oxygen atoms in total. The molecule has 2 fully saturated rings. The number of hydrogen-bond acceptors (Lipinski definition) is 4. The third kappa shape index (κ3) is 3.69. The topological polar surface area (TPSA) is 44.4 Å². The first-order valence-electron chi connectivity index (χ1n) is 9.41. The molecule has 27 heavy (non-hydrogen) atoms. The maximum absolute atomic E-state index is 13.3. The first-order chi connectivity index (χ1) is 13.2. The molecule has 4 rings (SSSR count). The number of rotatable bonds is 5. The van der Waals surface area contributed by atoms with E-state index in [4.69, 9.17) is 0 Å². The Hall–Kier alpha value is -2.05. The number of thioether (sulfide) groups is 1. The van der Waals surface area contributed by atoms with Crippen molar-refractivity contribution < 1.29 is 9.18 Å². The Kier molecular flexibility index (Phi) is 5.36. The number of amides is 1. The van der Waals surface area contributed by atoms with E-state index < -0.39 is 0 Å². The van der Waals surface area contributed by atoms with Gasteiger partial charge in [-0.3, -0.25) is 9.80 Å². The average Bonchev–Trinajstić information content (AvgIpc) is 3.27. The van der Waals surface area contributed by atoms with Crippen LogP contribution in [-0.2, 0) is 4.79 Å². The maximum Gasteiger partial charge on any atom is 0.229 e. The van der Waals surface area contributed by atoms with Crippen LogP contribution in [0.4, 0.5) is 10.1 Å². The Morgan fingerprint density at radius 1 is 1.22 bits per heavy atom. The molecule has 2 heterocycles. The Morgan fingerprint density at radius 2 is 1.96 bits per heavy atom. The second-order valence-electron chi connectivity index (χ2n) is 7.11. The normalized spacial score (nSPS) is 25.3. The minimum atomic E-state index is -0.260. The molecular formula is C21H24FN3OS. The third-order valence-corrected chi connectivity index (χ3v) is 6.65. The summed E-state index contributed by atoms with van der Waals surface area (Å²) < 4.78 is 13.3. The van der Waals surface area contributed by atoms with Gasteiger partial charge in [-0.2, -0.15) is 11.8 Å². The van der Waals surface area contributed by atoms with E-state index in [-0.39, 0.29) is 23.8 Å². The molecule has 142 valence electrons. The molecule has 0 aliphatic carbocycles. The molecule has 0 aromatic heterocycles. The number of nitrogens with one attached hydrogen (secondary N) is 2. The summed E-state index contributed by atoms with van der Waals surface area (Å²) in [4.78, 5) is 13.1. The van der Waals surface area contributed by atoms with Gasteiger partial charge in [0, 0.05) is 23.5 Å². The smallest absolute Gasteiger partial charge is 0.229 e. The predicted octanol–water partition coefficient (Wildman–Crippen LogP) is 3.52.